The Labute approximate surface area is 210 Å². The zero-order valence-corrected chi connectivity index (χ0v) is 21.7. The number of nitrogens with one attached hydrogen (secondary N) is 2. The van der Waals surface area contributed by atoms with E-state index in [9.17, 15) is 13.2 Å². The monoisotopic (exact) mass is 514 g/mol. The van der Waals surface area contributed by atoms with E-state index in [1.165, 1.54) is 17.9 Å². The van der Waals surface area contributed by atoms with Crippen molar-refractivity contribution in [3.05, 3.63) is 40.0 Å². The molecule has 5 rings (SSSR count). The van der Waals surface area contributed by atoms with Crippen LogP contribution in [0.2, 0.25) is 0 Å². The Kier molecular flexibility index (Phi) is 6.90. The molecular formula is C25H34N6O4S. The normalized spacial score (nSPS) is 17.4. The van der Waals surface area contributed by atoms with Crippen LogP contribution in [-0.2, 0) is 10.0 Å². The number of pyridine rings is 1. The lowest BCUT2D eigenvalue weighted by Gasteiger charge is -2.22. The van der Waals surface area contributed by atoms with Gasteiger partial charge in [0.2, 0.25) is 10.0 Å². The maximum Gasteiger partial charge on any atom is 0.273 e. The number of benzene rings is 1. The van der Waals surface area contributed by atoms with Crippen molar-refractivity contribution in [1.82, 2.24) is 19.8 Å². The summed E-state index contributed by atoms with van der Waals surface area (Å²) >= 11 is 0. The van der Waals surface area contributed by atoms with Gasteiger partial charge < -0.3 is 19.4 Å². The van der Waals surface area contributed by atoms with E-state index in [0.29, 0.717) is 40.0 Å². The average molecular weight is 515 g/mol. The Morgan fingerprint density at radius 2 is 1.89 bits per heavy atom. The van der Waals surface area contributed by atoms with Crippen molar-refractivity contribution in [1.29, 1.82) is 0 Å². The number of aromatic amines is 1. The molecule has 2 aliphatic rings. The third-order valence-electron chi connectivity index (χ3n) is 7.36. The Morgan fingerprint density at radius 1 is 1.17 bits per heavy atom. The van der Waals surface area contributed by atoms with Crippen molar-refractivity contribution in [3.8, 4) is 11.1 Å². The molecule has 0 atom stereocenters. The summed E-state index contributed by atoms with van der Waals surface area (Å²) in [6, 6.07) is 4.91. The largest absolute Gasteiger partial charge is 0.361 e. The predicted octanol–water partition coefficient (Wildman–Crippen LogP) is 2.80. The molecular weight excluding hydrogens is 480 g/mol. The fraction of sp³-hybridized carbons (Fsp3) is 0.520. The highest BCUT2D eigenvalue weighted by Gasteiger charge is 2.27. The molecule has 194 valence electrons. The molecule has 2 aromatic heterocycles. The summed E-state index contributed by atoms with van der Waals surface area (Å²) in [5.74, 6) is 6.88. The second-order valence-corrected chi connectivity index (χ2v) is 11.6. The Balaban J connectivity index is 1.60. The average Bonchev–Trinajstić information content (AvgIpc) is 3.60. The van der Waals surface area contributed by atoms with E-state index in [1.807, 2.05) is 0 Å². The van der Waals surface area contributed by atoms with Gasteiger partial charge in [0.05, 0.1) is 16.1 Å². The highest BCUT2D eigenvalue weighted by atomic mass is 32.2. The van der Waals surface area contributed by atoms with Gasteiger partial charge in [0, 0.05) is 30.1 Å². The number of likely N-dealkylation sites (tertiary alicyclic amines) is 1. The SMILES string of the molecule is Cc1noc(C)c1-c1cc(S(=O)(=O)NC2CCCC2)c2cc(N(N)CCN3CCCC3)c(=O)[nH]c2c1. The number of H-pyrrole nitrogens is 1. The molecule has 0 unspecified atom stereocenters. The smallest absolute Gasteiger partial charge is 0.273 e. The topological polar surface area (TPSA) is 138 Å². The van der Waals surface area contributed by atoms with Gasteiger partial charge in [0.1, 0.15) is 11.4 Å². The minimum atomic E-state index is -3.88. The van der Waals surface area contributed by atoms with Crippen LogP contribution in [0.4, 0.5) is 5.69 Å². The molecule has 3 aromatic rings. The van der Waals surface area contributed by atoms with Crippen LogP contribution in [0.5, 0.6) is 0 Å². The molecule has 0 radical (unpaired) electrons. The molecule has 1 aromatic carbocycles. The number of sulfonamides is 1. The molecule has 1 aliphatic carbocycles. The van der Waals surface area contributed by atoms with Crippen LogP contribution in [0.15, 0.2) is 32.4 Å². The first-order valence-corrected chi connectivity index (χ1v) is 14.1. The van der Waals surface area contributed by atoms with Crippen LogP contribution in [-0.4, -0.2) is 55.7 Å². The lowest BCUT2D eigenvalue weighted by atomic mass is 10.0. The van der Waals surface area contributed by atoms with Gasteiger partial charge in [-0.3, -0.25) is 4.79 Å². The highest BCUT2D eigenvalue weighted by Crippen LogP contribution is 2.34. The number of aromatic nitrogens is 2. The zero-order chi connectivity index (χ0) is 25.4. The summed E-state index contributed by atoms with van der Waals surface area (Å²) in [4.78, 5) is 18.4. The van der Waals surface area contributed by atoms with Crippen LogP contribution in [0, 0.1) is 13.8 Å². The van der Waals surface area contributed by atoms with Gasteiger partial charge in [-0.1, -0.05) is 18.0 Å². The molecule has 1 saturated carbocycles. The van der Waals surface area contributed by atoms with Gasteiger partial charge >= 0.3 is 0 Å². The van der Waals surface area contributed by atoms with E-state index in [1.54, 1.807) is 32.0 Å². The minimum Gasteiger partial charge on any atom is -0.361 e. The van der Waals surface area contributed by atoms with Crippen molar-refractivity contribution in [2.45, 2.75) is 63.3 Å². The van der Waals surface area contributed by atoms with Gasteiger partial charge in [-0.05, 0) is 76.4 Å². The first-order chi connectivity index (χ1) is 17.2. The number of hydrogen-bond donors (Lipinski definition) is 3. The van der Waals surface area contributed by atoms with Crippen molar-refractivity contribution < 1.29 is 12.9 Å². The molecule has 0 spiro atoms. The Bertz CT molecular complexity index is 1400. The summed E-state index contributed by atoms with van der Waals surface area (Å²) in [6.45, 7) is 6.85. The van der Waals surface area contributed by atoms with Crippen molar-refractivity contribution >= 4 is 26.6 Å². The maximum absolute atomic E-state index is 13.7. The van der Waals surface area contributed by atoms with E-state index >= 15 is 0 Å². The quantitative estimate of drug-likeness (QED) is 0.308. The van der Waals surface area contributed by atoms with Gasteiger partial charge in [0.25, 0.3) is 5.56 Å². The van der Waals surface area contributed by atoms with Crippen molar-refractivity contribution in [2.24, 2.45) is 5.84 Å². The second-order valence-electron chi connectivity index (χ2n) is 9.96. The summed E-state index contributed by atoms with van der Waals surface area (Å²) in [7, 11) is -3.88. The maximum atomic E-state index is 13.7. The van der Waals surface area contributed by atoms with Crippen molar-refractivity contribution in [2.75, 3.05) is 31.2 Å². The van der Waals surface area contributed by atoms with E-state index in [0.717, 1.165) is 45.3 Å². The lowest BCUT2D eigenvalue weighted by molar-refractivity contribution is 0.345. The van der Waals surface area contributed by atoms with Gasteiger partial charge in [-0.25, -0.2) is 19.0 Å². The Morgan fingerprint density at radius 3 is 2.56 bits per heavy atom. The van der Waals surface area contributed by atoms with Gasteiger partial charge in [-0.2, -0.15) is 0 Å². The molecule has 11 heteroatoms. The minimum absolute atomic E-state index is 0.0959. The number of nitrogens with two attached hydrogens (primary N) is 1. The molecule has 1 saturated heterocycles. The number of hydrogen-bond acceptors (Lipinski definition) is 8. The van der Waals surface area contributed by atoms with Crippen LogP contribution >= 0.6 is 0 Å². The molecule has 36 heavy (non-hydrogen) atoms. The van der Waals surface area contributed by atoms with Crippen LogP contribution in [0.1, 0.15) is 50.0 Å². The number of nitrogens with zero attached hydrogens (tertiary/aromatic N) is 3. The number of hydrazine groups is 1. The molecule has 0 amide bonds. The van der Waals surface area contributed by atoms with Crippen molar-refractivity contribution in [3.63, 3.8) is 0 Å². The molecule has 2 fully saturated rings. The molecule has 1 aliphatic heterocycles. The fourth-order valence-electron chi connectivity index (χ4n) is 5.45. The summed E-state index contributed by atoms with van der Waals surface area (Å²) in [5.41, 5.74) is 2.27. The number of fused-ring (bicyclic) bond motifs is 1. The number of anilines is 1. The van der Waals surface area contributed by atoms with E-state index < -0.39 is 10.0 Å². The second kappa shape index (κ2) is 9.97. The van der Waals surface area contributed by atoms with Crippen LogP contribution < -0.4 is 21.1 Å². The zero-order valence-electron chi connectivity index (χ0n) is 20.8. The summed E-state index contributed by atoms with van der Waals surface area (Å²) in [6.07, 6.45) is 5.98. The van der Waals surface area contributed by atoms with Gasteiger partial charge in [0.15, 0.2) is 0 Å². The standard InChI is InChI=1S/C25H34N6O4S/c1-16-24(17(2)35-28-16)18-13-21-20(23(14-18)36(33,34)29-19-7-3-4-8-19)15-22(25(32)27-21)31(26)12-11-30-9-5-6-10-30/h13-15,19,29H,3-12,26H2,1-2H3,(H,27,32). The van der Waals surface area contributed by atoms with Crippen LogP contribution in [0.3, 0.4) is 0 Å². The fourth-order valence-corrected chi connectivity index (χ4v) is 6.99. The molecule has 4 N–H and O–H groups in total. The summed E-state index contributed by atoms with van der Waals surface area (Å²) < 4.78 is 35.5. The third kappa shape index (κ3) is 4.93. The van der Waals surface area contributed by atoms with E-state index in [2.05, 4.69) is 19.8 Å². The van der Waals surface area contributed by atoms with E-state index in [4.69, 9.17) is 10.4 Å². The van der Waals surface area contributed by atoms with Gasteiger partial charge in [-0.15, -0.1) is 0 Å². The molecule has 0 bridgehead atoms. The van der Waals surface area contributed by atoms with Crippen LogP contribution in [0.25, 0.3) is 22.0 Å². The lowest BCUT2D eigenvalue weighted by Crippen LogP contribution is -2.41. The van der Waals surface area contributed by atoms with E-state index in [-0.39, 0.29) is 22.2 Å². The summed E-state index contributed by atoms with van der Waals surface area (Å²) in [5, 5.41) is 5.85. The Hall–Kier alpha value is -2.73. The first-order valence-electron chi connectivity index (χ1n) is 12.6. The third-order valence-corrected chi connectivity index (χ3v) is 8.92. The predicted molar refractivity (Wildman–Crippen MR) is 139 cm³/mol. The highest BCUT2D eigenvalue weighted by molar-refractivity contribution is 7.89. The molecule has 10 nitrogen and oxygen atoms in total. The first kappa shape index (κ1) is 24.9. The number of rotatable bonds is 8. The molecule has 3 heterocycles. The number of aryl methyl sites for hydroxylation is 2.